The molecule has 1 unspecified atom stereocenters. The maximum atomic E-state index is 14.1. The molecular formula is C15H14ClFN2O. The molecular weight excluding hydrogens is 279 g/mol. The third-order valence-corrected chi connectivity index (χ3v) is 3.63. The Kier molecular flexibility index (Phi) is 3.51. The normalized spacial score (nSPS) is 17.1. The smallest absolute Gasteiger partial charge is 0.150 e. The topological polar surface area (TPSA) is 47.3 Å². The number of para-hydroxylation sites is 1. The minimum absolute atomic E-state index is 0.130. The van der Waals surface area contributed by atoms with E-state index in [4.69, 9.17) is 22.1 Å². The molecule has 1 atom stereocenters. The van der Waals surface area contributed by atoms with Crippen molar-refractivity contribution in [1.29, 1.82) is 0 Å². The molecule has 3 N–H and O–H groups in total. The lowest BCUT2D eigenvalue weighted by atomic mass is 10.0. The molecule has 3 rings (SSSR count). The summed E-state index contributed by atoms with van der Waals surface area (Å²) in [5.41, 5.74) is 7.46. The summed E-state index contributed by atoms with van der Waals surface area (Å²) < 4.78 is 20.0. The summed E-state index contributed by atoms with van der Waals surface area (Å²) in [6, 6.07) is 10.2. The molecule has 1 heterocycles. The summed E-state index contributed by atoms with van der Waals surface area (Å²) in [7, 11) is 0. The van der Waals surface area contributed by atoms with Gasteiger partial charge in [0.15, 0.2) is 5.75 Å². The van der Waals surface area contributed by atoms with Crippen LogP contribution in [0.1, 0.15) is 0 Å². The van der Waals surface area contributed by atoms with Gasteiger partial charge in [0, 0.05) is 17.7 Å². The summed E-state index contributed by atoms with van der Waals surface area (Å²) >= 11 is 6.14. The molecule has 1 aliphatic rings. The number of ether oxygens (including phenoxy) is 1. The second-order valence-electron chi connectivity index (χ2n) is 4.64. The maximum Gasteiger partial charge on any atom is 0.150 e. The quantitative estimate of drug-likeness (QED) is 0.893. The molecule has 0 radical (unpaired) electrons. The molecule has 0 spiro atoms. The van der Waals surface area contributed by atoms with Crippen molar-refractivity contribution in [1.82, 2.24) is 0 Å². The van der Waals surface area contributed by atoms with E-state index in [9.17, 15) is 4.39 Å². The molecule has 2 aromatic carbocycles. The van der Waals surface area contributed by atoms with Crippen LogP contribution >= 0.6 is 11.6 Å². The van der Waals surface area contributed by atoms with Crippen molar-refractivity contribution < 1.29 is 9.13 Å². The Bertz CT molecular complexity index is 628. The lowest BCUT2D eigenvalue weighted by Crippen LogP contribution is -2.37. The van der Waals surface area contributed by atoms with Gasteiger partial charge in [-0.3, -0.25) is 0 Å². The number of nitrogens with two attached hydrogens (primary N) is 1. The van der Waals surface area contributed by atoms with E-state index in [1.165, 1.54) is 6.07 Å². The molecule has 20 heavy (non-hydrogen) atoms. The van der Waals surface area contributed by atoms with Gasteiger partial charge in [0.05, 0.1) is 17.3 Å². The largest absolute Gasteiger partial charge is 0.484 e. The zero-order valence-corrected chi connectivity index (χ0v) is 11.5. The number of hydrogen-bond acceptors (Lipinski definition) is 3. The highest BCUT2D eigenvalue weighted by molar-refractivity contribution is 6.33. The van der Waals surface area contributed by atoms with E-state index in [0.29, 0.717) is 35.0 Å². The molecule has 0 bridgehead atoms. The Morgan fingerprint density at radius 1 is 1.30 bits per heavy atom. The first-order chi connectivity index (χ1) is 9.70. The van der Waals surface area contributed by atoms with E-state index in [0.717, 1.165) is 5.69 Å². The molecule has 5 heteroatoms. The highest BCUT2D eigenvalue weighted by Gasteiger charge is 2.23. The van der Waals surface area contributed by atoms with E-state index in [2.05, 4.69) is 5.32 Å². The SMILES string of the molecule is NCC1CNc2cccc(-c3c(F)cccc3Cl)c2O1. The van der Waals surface area contributed by atoms with Crippen LogP contribution in [0.5, 0.6) is 5.75 Å². The van der Waals surface area contributed by atoms with Crippen molar-refractivity contribution in [2.24, 2.45) is 5.73 Å². The third-order valence-electron chi connectivity index (χ3n) is 3.31. The summed E-state index contributed by atoms with van der Waals surface area (Å²) in [5.74, 6) is 0.227. The fraction of sp³-hybridized carbons (Fsp3) is 0.200. The predicted molar refractivity (Wildman–Crippen MR) is 78.8 cm³/mol. The van der Waals surface area contributed by atoms with Crippen LogP contribution in [-0.2, 0) is 0 Å². The summed E-state index contributed by atoms with van der Waals surface area (Å²) in [5, 5.41) is 3.60. The summed E-state index contributed by atoms with van der Waals surface area (Å²) in [6.45, 7) is 1.03. The molecule has 0 saturated carbocycles. The van der Waals surface area contributed by atoms with Gasteiger partial charge in [0.1, 0.15) is 11.9 Å². The molecule has 104 valence electrons. The first kappa shape index (κ1) is 13.2. The minimum Gasteiger partial charge on any atom is -0.484 e. The molecule has 0 aliphatic carbocycles. The number of halogens is 2. The van der Waals surface area contributed by atoms with E-state index in [1.54, 1.807) is 18.2 Å². The van der Waals surface area contributed by atoms with E-state index >= 15 is 0 Å². The predicted octanol–water partition coefficient (Wildman–Crippen LogP) is 3.28. The maximum absolute atomic E-state index is 14.1. The molecule has 0 saturated heterocycles. The van der Waals surface area contributed by atoms with E-state index in [1.807, 2.05) is 12.1 Å². The second kappa shape index (κ2) is 5.31. The Morgan fingerprint density at radius 2 is 2.10 bits per heavy atom. The van der Waals surface area contributed by atoms with Gasteiger partial charge >= 0.3 is 0 Å². The van der Waals surface area contributed by atoms with Crippen LogP contribution in [-0.4, -0.2) is 19.2 Å². The number of rotatable bonds is 2. The number of nitrogens with one attached hydrogen (secondary N) is 1. The van der Waals surface area contributed by atoms with E-state index in [-0.39, 0.29) is 11.9 Å². The molecule has 0 aromatic heterocycles. The van der Waals surface area contributed by atoms with Crippen molar-refractivity contribution in [3.63, 3.8) is 0 Å². The Morgan fingerprint density at radius 3 is 2.85 bits per heavy atom. The highest BCUT2D eigenvalue weighted by atomic mass is 35.5. The Labute approximate surface area is 121 Å². The van der Waals surface area contributed by atoms with Crippen molar-refractivity contribution in [3.8, 4) is 16.9 Å². The number of benzene rings is 2. The summed E-state index contributed by atoms with van der Waals surface area (Å²) in [6.07, 6.45) is -0.130. The first-order valence-electron chi connectivity index (χ1n) is 6.38. The average Bonchev–Trinajstić information content (AvgIpc) is 2.47. The van der Waals surface area contributed by atoms with Crippen molar-refractivity contribution in [2.45, 2.75) is 6.10 Å². The molecule has 0 amide bonds. The second-order valence-corrected chi connectivity index (χ2v) is 5.04. The van der Waals surface area contributed by atoms with E-state index < -0.39 is 0 Å². The average molecular weight is 293 g/mol. The number of hydrogen-bond donors (Lipinski definition) is 2. The fourth-order valence-corrected chi connectivity index (χ4v) is 2.58. The van der Waals surface area contributed by atoms with Crippen molar-refractivity contribution in [2.75, 3.05) is 18.4 Å². The van der Waals surface area contributed by atoms with Crippen LogP contribution in [0, 0.1) is 5.82 Å². The van der Waals surface area contributed by atoms with Crippen LogP contribution in [0.25, 0.3) is 11.1 Å². The lowest BCUT2D eigenvalue weighted by Gasteiger charge is -2.28. The van der Waals surface area contributed by atoms with Crippen LogP contribution in [0.15, 0.2) is 36.4 Å². The van der Waals surface area contributed by atoms with Gasteiger partial charge in [-0.25, -0.2) is 4.39 Å². The van der Waals surface area contributed by atoms with Gasteiger partial charge in [0.2, 0.25) is 0 Å². The van der Waals surface area contributed by atoms with Gasteiger partial charge in [-0.05, 0) is 18.2 Å². The van der Waals surface area contributed by atoms with Crippen LogP contribution in [0.2, 0.25) is 5.02 Å². The van der Waals surface area contributed by atoms with Crippen LogP contribution < -0.4 is 15.8 Å². The van der Waals surface area contributed by atoms with Crippen LogP contribution in [0.3, 0.4) is 0 Å². The van der Waals surface area contributed by atoms with Gasteiger partial charge < -0.3 is 15.8 Å². The zero-order valence-electron chi connectivity index (χ0n) is 10.7. The van der Waals surface area contributed by atoms with Crippen molar-refractivity contribution >= 4 is 17.3 Å². The lowest BCUT2D eigenvalue weighted by molar-refractivity contribution is 0.215. The molecule has 2 aromatic rings. The molecule has 1 aliphatic heterocycles. The van der Waals surface area contributed by atoms with Crippen LogP contribution in [0.4, 0.5) is 10.1 Å². The molecule has 3 nitrogen and oxygen atoms in total. The van der Waals surface area contributed by atoms with Gasteiger partial charge in [-0.2, -0.15) is 0 Å². The standard InChI is InChI=1S/C15H14ClFN2O/c16-11-4-2-5-12(17)14(11)10-3-1-6-13-15(10)20-9(7-18)8-19-13/h1-6,9,19H,7-8,18H2. The van der Waals surface area contributed by atoms with Gasteiger partial charge in [-0.1, -0.05) is 29.8 Å². The number of anilines is 1. The highest BCUT2D eigenvalue weighted by Crippen LogP contribution is 2.42. The van der Waals surface area contributed by atoms with Crippen molar-refractivity contribution in [3.05, 3.63) is 47.2 Å². The Balaban J connectivity index is 2.16. The Hall–Kier alpha value is -1.78. The minimum atomic E-state index is -0.371. The zero-order chi connectivity index (χ0) is 14.1. The number of fused-ring (bicyclic) bond motifs is 1. The van der Waals surface area contributed by atoms with Gasteiger partial charge in [-0.15, -0.1) is 0 Å². The fourth-order valence-electron chi connectivity index (χ4n) is 2.32. The third kappa shape index (κ3) is 2.21. The molecule has 0 fully saturated rings. The first-order valence-corrected chi connectivity index (χ1v) is 6.76. The monoisotopic (exact) mass is 292 g/mol. The van der Waals surface area contributed by atoms with Gasteiger partial charge in [0.25, 0.3) is 0 Å². The summed E-state index contributed by atoms with van der Waals surface area (Å²) in [4.78, 5) is 0.